The quantitative estimate of drug-likeness (QED) is 0.750. The van der Waals surface area contributed by atoms with Crippen LogP contribution in [-0.2, 0) is 0 Å². The van der Waals surface area contributed by atoms with Crippen molar-refractivity contribution in [2.24, 2.45) is 0 Å². The number of fused-ring (bicyclic) bond motifs is 1. The molecule has 7 nitrogen and oxygen atoms in total. The third-order valence-corrected chi connectivity index (χ3v) is 3.97. The molecule has 26 heavy (non-hydrogen) atoms. The molecule has 0 spiro atoms. The molecular weight excluding hydrogens is 340 g/mol. The molecule has 0 bridgehead atoms. The Balaban J connectivity index is 2.41. The first kappa shape index (κ1) is 17.3. The van der Waals surface area contributed by atoms with Crippen LogP contribution in [0.4, 0.5) is 0 Å². The van der Waals surface area contributed by atoms with Crippen LogP contribution in [-0.4, -0.2) is 32.4 Å². The molecule has 0 aliphatic heterocycles. The number of aromatic carboxylic acids is 1. The minimum Gasteiger partial charge on any atom is -0.496 e. The number of benzene rings is 2. The van der Waals surface area contributed by atoms with E-state index in [-0.39, 0.29) is 16.5 Å². The van der Waals surface area contributed by atoms with Crippen molar-refractivity contribution in [3.8, 4) is 28.4 Å². The molecule has 1 aromatic heterocycles. The van der Waals surface area contributed by atoms with Crippen LogP contribution in [0.2, 0.25) is 0 Å². The van der Waals surface area contributed by atoms with Gasteiger partial charge in [0.15, 0.2) is 11.5 Å². The minimum absolute atomic E-state index is 0.0875. The second-order valence-corrected chi connectivity index (χ2v) is 5.34. The van der Waals surface area contributed by atoms with Gasteiger partial charge in [-0.3, -0.25) is 4.79 Å². The van der Waals surface area contributed by atoms with Crippen LogP contribution < -0.4 is 19.6 Å². The van der Waals surface area contributed by atoms with Crippen molar-refractivity contribution in [2.75, 3.05) is 21.3 Å². The van der Waals surface area contributed by atoms with E-state index in [1.807, 2.05) is 0 Å². The van der Waals surface area contributed by atoms with Crippen molar-refractivity contribution in [3.05, 3.63) is 52.4 Å². The van der Waals surface area contributed by atoms with Crippen molar-refractivity contribution in [2.45, 2.75) is 0 Å². The summed E-state index contributed by atoms with van der Waals surface area (Å²) in [6, 6.07) is 9.43. The Morgan fingerprint density at radius 3 is 2.27 bits per heavy atom. The molecule has 7 heteroatoms. The molecule has 1 N–H and O–H groups in total. The van der Waals surface area contributed by atoms with Crippen LogP contribution in [0.5, 0.6) is 17.2 Å². The Kier molecular flexibility index (Phi) is 4.53. The van der Waals surface area contributed by atoms with E-state index in [1.54, 1.807) is 24.3 Å². The molecule has 3 rings (SSSR count). The molecule has 0 atom stereocenters. The molecule has 0 unspecified atom stereocenters. The fraction of sp³-hybridized carbons (Fsp3) is 0.158. The number of hydrogen-bond acceptors (Lipinski definition) is 6. The summed E-state index contributed by atoms with van der Waals surface area (Å²) in [6.07, 6.45) is 0. The maximum atomic E-state index is 13.1. The van der Waals surface area contributed by atoms with Gasteiger partial charge in [0.05, 0.1) is 26.9 Å². The SMILES string of the molecule is COc1ccc(-c2c(C(=O)O)oc3cccc(OC)c3c2=O)cc1OC. The molecule has 0 saturated heterocycles. The number of hydrogen-bond donors (Lipinski definition) is 1. The first-order valence-corrected chi connectivity index (χ1v) is 7.61. The van der Waals surface area contributed by atoms with E-state index in [4.69, 9.17) is 18.6 Å². The van der Waals surface area contributed by atoms with Gasteiger partial charge in [-0.15, -0.1) is 0 Å². The zero-order chi connectivity index (χ0) is 18.8. The van der Waals surface area contributed by atoms with Crippen molar-refractivity contribution < 1.29 is 28.5 Å². The molecule has 0 aliphatic carbocycles. The highest BCUT2D eigenvalue weighted by Crippen LogP contribution is 2.34. The second-order valence-electron chi connectivity index (χ2n) is 5.34. The molecule has 0 amide bonds. The number of rotatable bonds is 5. The van der Waals surface area contributed by atoms with Crippen LogP contribution in [0.1, 0.15) is 10.6 Å². The van der Waals surface area contributed by atoms with Gasteiger partial charge >= 0.3 is 5.97 Å². The molecular formula is C19H16O7. The van der Waals surface area contributed by atoms with Crippen molar-refractivity contribution in [3.63, 3.8) is 0 Å². The smallest absolute Gasteiger partial charge is 0.372 e. The van der Waals surface area contributed by atoms with E-state index in [0.29, 0.717) is 22.8 Å². The predicted octanol–water partition coefficient (Wildman–Crippen LogP) is 3.18. The van der Waals surface area contributed by atoms with Crippen LogP contribution in [0.15, 0.2) is 45.6 Å². The third kappa shape index (κ3) is 2.73. The Hall–Kier alpha value is -3.48. The summed E-state index contributed by atoms with van der Waals surface area (Å²) in [5.41, 5.74) is -0.124. The number of methoxy groups -OCH3 is 3. The van der Waals surface area contributed by atoms with Gasteiger partial charge in [0.2, 0.25) is 11.2 Å². The lowest BCUT2D eigenvalue weighted by Crippen LogP contribution is -2.13. The maximum absolute atomic E-state index is 13.1. The first-order chi connectivity index (χ1) is 12.5. The van der Waals surface area contributed by atoms with Crippen LogP contribution in [0, 0.1) is 0 Å². The highest BCUT2D eigenvalue weighted by molar-refractivity contribution is 5.98. The zero-order valence-electron chi connectivity index (χ0n) is 14.4. The molecule has 3 aromatic rings. The maximum Gasteiger partial charge on any atom is 0.372 e. The van der Waals surface area contributed by atoms with E-state index in [2.05, 4.69) is 0 Å². The summed E-state index contributed by atoms with van der Waals surface area (Å²) in [5, 5.41) is 9.72. The summed E-state index contributed by atoms with van der Waals surface area (Å²) in [4.78, 5) is 24.8. The normalized spacial score (nSPS) is 10.6. The van der Waals surface area contributed by atoms with Crippen molar-refractivity contribution in [1.82, 2.24) is 0 Å². The summed E-state index contributed by atoms with van der Waals surface area (Å²) in [7, 11) is 4.36. The standard InChI is InChI=1S/C19H16O7/c1-23-11-8-7-10(9-14(11)25-3)15-17(20)16-12(24-2)5-4-6-13(16)26-18(15)19(21)22/h4-9H,1-3H3,(H,21,22). The average molecular weight is 356 g/mol. The highest BCUT2D eigenvalue weighted by atomic mass is 16.5. The molecule has 134 valence electrons. The number of carboxylic acid groups (broad SMARTS) is 1. The van der Waals surface area contributed by atoms with Crippen LogP contribution in [0.3, 0.4) is 0 Å². The number of carbonyl (C=O) groups is 1. The summed E-state index contributed by atoms with van der Waals surface area (Å²) in [5.74, 6) is -0.689. The molecule has 2 aromatic carbocycles. The topological polar surface area (TPSA) is 95.2 Å². The monoisotopic (exact) mass is 356 g/mol. The van der Waals surface area contributed by atoms with Crippen molar-refractivity contribution in [1.29, 1.82) is 0 Å². The third-order valence-electron chi connectivity index (χ3n) is 3.97. The van der Waals surface area contributed by atoms with E-state index < -0.39 is 17.2 Å². The van der Waals surface area contributed by atoms with Crippen LogP contribution in [0.25, 0.3) is 22.1 Å². The van der Waals surface area contributed by atoms with E-state index in [1.165, 1.54) is 33.5 Å². The van der Waals surface area contributed by atoms with Crippen molar-refractivity contribution >= 4 is 16.9 Å². The van der Waals surface area contributed by atoms with E-state index >= 15 is 0 Å². The predicted molar refractivity (Wildman–Crippen MR) is 94.5 cm³/mol. The van der Waals surface area contributed by atoms with Gasteiger partial charge in [-0.2, -0.15) is 0 Å². The lowest BCUT2D eigenvalue weighted by atomic mass is 10.0. The zero-order valence-corrected chi connectivity index (χ0v) is 14.4. The van der Waals surface area contributed by atoms with E-state index in [9.17, 15) is 14.7 Å². The summed E-state index contributed by atoms with van der Waals surface area (Å²) >= 11 is 0. The van der Waals surface area contributed by atoms with Gasteiger partial charge in [0.1, 0.15) is 16.7 Å². The first-order valence-electron chi connectivity index (χ1n) is 7.61. The second kappa shape index (κ2) is 6.79. The summed E-state index contributed by atoms with van der Waals surface area (Å²) in [6.45, 7) is 0. The minimum atomic E-state index is -1.35. The Morgan fingerprint density at radius 2 is 1.65 bits per heavy atom. The lowest BCUT2D eigenvalue weighted by Gasteiger charge is -2.12. The van der Waals surface area contributed by atoms with Gasteiger partial charge in [-0.25, -0.2) is 4.79 Å². The van der Waals surface area contributed by atoms with Gasteiger partial charge in [-0.1, -0.05) is 12.1 Å². The van der Waals surface area contributed by atoms with Gasteiger partial charge in [0.25, 0.3) is 0 Å². The van der Waals surface area contributed by atoms with Gasteiger partial charge in [0, 0.05) is 0 Å². The molecule has 0 fully saturated rings. The summed E-state index contributed by atoms with van der Waals surface area (Å²) < 4.78 is 21.2. The molecule has 1 heterocycles. The molecule has 0 aliphatic rings. The van der Waals surface area contributed by atoms with Crippen LogP contribution >= 0.6 is 0 Å². The highest BCUT2D eigenvalue weighted by Gasteiger charge is 2.24. The van der Waals surface area contributed by atoms with Gasteiger partial charge < -0.3 is 23.7 Å². The Morgan fingerprint density at radius 1 is 0.962 bits per heavy atom. The van der Waals surface area contributed by atoms with E-state index in [0.717, 1.165) is 0 Å². The molecule has 0 saturated carbocycles. The fourth-order valence-electron chi connectivity index (χ4n) is 2.78. The van der Waals surface area contributed by atoms with Gasteiger partial charge in [-0.05, 0) is 29.8 Å². The lowest BCUT2D eigenvalue weighted by molar-refractivity contribution is 0.0664. The fourth-order valence-corrected chi connectivity index (χ4v) is 2.78. The molecule has 0 radical (unpaired) electrons. The largest absolute Gasteiger partial charge is 0.496 e. The average Bonchev–Trinajstić information content (AvgIpc) is 2.66. The Labute approximate surface area is 148 Å². The number of carboxylic acids is 1. The number of ether oxygens (including phenoxy) is 3. The Bertz CT molecular complexity index is 1050.